The van der Waals surface area contributed by atoms with E-state index in [0.29, 0.717) is 15.6 Å². The second-order valence-corrected chi connectivity index (χ2v) is 5.06. The van der Waals surface area contributed by atoms with Crippen LogP contribution < -0.4 is 0 Å². The van der Waals surface area contributed by atoms with Gasteiger partial charge in [0.1, 0.15) is 0 Å². The molecule has 2 rings (SSSR count). The van der Waals surface area contributed by atoms with Gasteiger partial charge in [-0.25, -0.2) is 0 Å². The molecule has 1 heterocycles. The molecule has 0 aliphatic carbocycles. The smallest absolute Gasteiger partial charge is 0.255 e. The molecule has 18 heavy (non-hydrogen) atoms. The summed E-state index contributed by atoms with van der Waals surface area (Å²) in [7, 11) is 2.05. The topological polar surface area (TPSA) is 23.6 Å². The summed E-state index contributed by atoms with van der Waals surface area (Å²) in [5, 5.41) is 0.991. The zero-order valence-corrected chi connectivity index (χ0v) is 12.4. The van der Waals surface area contributed by atoms with E-state index in [1.54, 1.807) is 18.2 Å². The number of halogens is 3. The summed E-state index contributed by atoms with van der Waals surface area (Å²) >= 11 is 11.9. The lowest BCUT2D eigenvalue weighted by atomic mass is 10.2. The van der Waals surface area contributed by atoms with E-state index in [9.17, 15) is 4.79 Å². The van der Waals surface area contributed by atoms with E-state index in [0.717, 1.165) is 26.2 Å². The minimum Gasteiger partial charge on any atom is -0.336 e. The molecule has 0 unspecified atom stereocenters. The maximum absolute atomic E-state index is 12.2. The van der Waals surface area contributed by atoms with Gasteiger partial charge in [-0.05, 0) is 25.2 Å². The third-order valence-corrected chi connectivity index (χ3v) is 3.51. The molecule has 100 valence electrons. The van der Waals surface area contributed by atoms with Crippen LogP contribution in [-0.4, -0.2) is 48.9 Å². The molecule has 0 atom stereocenters. The fourth-order valence-corrected chi connectivity index (χ4v) is 2.21. The molecule has 1 aliphatic heterocycles. The van der Waals surface area contributed by atoms with Crippen molar-refractivity contribution >= 4 is 41.5 Å². The second-order valence-electron chi connectivity index (χ2n) is 4.22. The van der Waals surface area contributed by atoms with Crippen molar-refractivity contribution in [2.45, 2.75) is 0 Å². The van der Waals surface area contributed by atoms with Crippen molar-refractivity contribution in [1.29, 1.82) is 0 Å². The molecule has 0 N–H and O–H groups in total. The number of carbonyl (C=O) groups excluding carboxylic acids is 1. The van der Waals surface area contributed by atoms with E-state index in [4.69, 9.17) is 23.2 Å². The molecule has 0 radical (unpaired) electrons. The fourth-order valence-electron chi connectivity index (χ4n) is 1.84. The number of rotatable bonds is 1. The lowest BCUT2D eigenvalue weighted by Crippen LogP contribution is -2.47. The van der Waals surface area contributed by atoms with Crippen molar-refractivity contribution in [3.8, 4) is 0 Å². The zero-order chi connectivity index (χ0) is 12.4. The first-order chi connectivity index (χ1) is 8.08. The zero-order valence-electron chi connectivity index (χ0n) is 10.0. The van der Waals surface area contributed by atoms with Crippen molar-refractivity contribution in [3.05, 3.63) is 33.8 Å². The van der Waals surface area contributed by atoms with Crippen LogP contribution in [0.4, 0.5) is 0 Å². The van der Waals surface area contributed by atoms with Crippen LogP contribution in [0.5, 0.6) is 0 Å². The Hall–Kier alpha value is -0.480. The Labute approximate surface area is 123 Å². The molecule has 1 aromatic carbocycles. The van der Waals surface area contributed by atoms with Crippen molar-refractivity contribution in [3.63, 3.8) is 0 Å². The van der Waals surface area contributed by atoms with Gasteiger partial charge in [0, 0.05) is 31.2 Å². The van der Waals surface area contributed by atoms with Crippen LogP contribution in [0, 0.1) is 0 Å². The SMILES string of the molecule is CN1CCN(C(=O)c2cc(Cl)ccc2Cl)CC1.Cl. The van der Waals surface area contributed by atoms with E-state index in [2.05, 4.69) is 4.90 Å². The maximum Gasteiger partial charge on any atom is 0.255 e. The normalized spacial score (nSPS) is 16.3. The monoisotopic (exact) mass is 308 g/mol. The van der Waals surface area contributed by atoms with Crippen LogP contribution in [0.2, 0.25) is 10.0 Å². The summed E-state index contributed by atoms with van der Waals surface area (Å²) in [5.41, 5.74) is 0.490. The number of carbonyl (C=O) groups is 1. The Morgan fingerprint density at radius 3 is 2.39 bits per heavy atom. The van der Waals surface area contributed by atoms with Gasteiger partial charge in [0.2, 0.25) is 0 Å². The summed E-state index contributed by atoms with van der Waals surface area (Å²) < 4.78 is 0. The average molecular weight is 310 g/mol. The molecular formula is C12H15Cl3N2O. The maximum atomic E-state index is 12.2. The van der Waals surface area contributed by atoms with E-state index >= 15 is 0 Å². The summed E-state index contributed by atoms with van der Waals surface area (Å²) in [5.74, 6) is -0.0365. The highest BCUT2D eigenvalue weighted by molar-refractivity contribution is 6.35. The minimum atomic E-state index is -0.0365. The summed E-state index contributed by atoms with van der Waals surface area (Å²) in [6.07, 6.45) is 0. The predicted octanol–water partition coefficient (Wildman–Crippen LogP) is 2.80. The molecule has 1 aromatic rings. The Morgan fingerprint density at radius 2 is 1.78 bits per heavy atom. The summed E-state index contributed by atoms with van der Waals surface area (Å²) in [6, 6.07) is 4.97. The van der Waals surface area contributed by atoms with Crippen LogP contribution in [0.1, 0.15) is 10.4 Å². The van der Waals surface area contributed by atoms with Gasteiger partial charge >= 0.3 is 0 Å². The number of likely N-dealkylation sites (N-methyl/N-ethyl adjacent to an activating group) is 1. The van der Waals surface area contributed by atoms with E-state index in [-0.39, 0.29) is 18.3 Å². The lowest BCUT2D eigenvalue weighted by molar-refractivity contribution is 0.0664. The van der Waals surface area contributed by atoms with Gasteiger partial charge in [0.25, 0.3) is 5.91 Å². The average Bonchev–Trinajstić information content (AvgIpc) is 2.32. The Morgan fingerprint density at radius 1 is 1.17 bits per heavy atom. The predicted molar refractivity (Wildman–Crippen MR) is 77.1 cm³/mol. The van der Waals surface area contributed by atoms with Crippen molar-refractivity contribution in [1.82, 2.24) is 9.80 Å². The first-order valence-corrected chi connectivity index (χ1v) is 6.26. The molecule has 0 bridgehead atoms. The number of piperazine rings is 1. The molecule has 0 aromatic heterocycles. The second kappa shape index (κ2) is 6.62. The van der Waals surface area contributed by atoms with Gasteiger partial charge in [-0.15, -0.1) is 12.4 Å². The minimum absolute atomic E-state index is 0. The van der Waals surface area contributed by atoms with Crippen LogP contribution >= 0.6 is 35.6 Å². The molecule has 3 nitrogen and oxygen atoms in total. The standard InChI is InChI=1S/C12H14Cl2N2O.ClH/c1-15-4-6-16(7-5-15)12(17)10-8-9(13)2-3-11(10)14;/h2-3,8H,4-7H2,1H3;1H. The third kappa shape index (κ3) is 3.51. The lowest BCUT2D eigenvalue weighted by Gasteiger charge is -2.32. The first kappa shape index (κ1) is 15.6. The van der Waals surface area contributed by atoms with Gasteiger partial charge in [-0.3, -0.25) is 4.79 Å². The highest BCUT2D eigenvalue weighted by Gasteiger charge is 2.22. The summed E-state index contributed by atoms with van der Waals surface area (Å²) in [6.45, 7) is 3.25. The Bertz CT molecular complexity index is 431. The van der Waals surface area contributed by atoms with Crippen molar-refractivity contribution in [2.24, 2.45) is 0 Å². The van der Waals surface area contributed by atoms with Gasteiger partial charge in [0.15, 0.2) is 0 Å². The van der Waals surface area contributed by atoms with E-state index in [1.165, 1.54) is 0 Å². The molecule has 1 saturated heterocycles. The number of nitrogens with zero attached hydrogens (tertiary/aromatic N) is 2. The molecule has 1 amide bonds. The quantitative estimate of drug-likeness (QED) is 0.796. The Kier molecular flexibility index (Phi) is 5.73. The van der Waals surface area contributed by atoms with E-state index in [1.807, 2.05) is 11.9 Å². The number of amides is 1. The van der Waals surface area contributed by atoms with Crippen LogP contribution in [0.15, 0.2) is 18.2 Å². The van der Waals surface area contributed by atoms with Gasteiger partial charge in [-0.1, -0.05) is 23.2 Å². The molecular weight excluding hydrogens is 295 g/mol. The molecule has 0 spiro atoms. The Balaban J connectivity index is 0.00000162. The number of hydrogen-bond acceptors (Lipinski definition) is 2. The fraction of sp³-hybridized carbons (Fsp3) is 0.417. The highest BCUT2D eigenvalue weighted by atomic mass is 35.5. The number of benzene rings is 1. The van der Waals surface area contributed by atoms with Crippen molar-refractivity contribution in [2.75, 3.05) is 33.2 Å². The van der Waals surface area contributed by atoms with Gasteiger partial charge < -0.3 is 9.80 Å². The number of hydrogen-bond donors (Lipinski definition) is 0. The molecule has 0 saturated carbocycles. The first-order valence-electron chi connectivity index (χ1n) is 5.51. The molecule has 6 heteroatoms. The van der Waals surface area contributed by atoms with Crippen LogP contribution in [0.3, 0.4) is 0 Å². The summed E-state index contributed by atoms with van der Waals surface area (Å²) in [4.78, 5) is 16.3. The third-order valence-electron chi connectivity index (χ3n) is 2.95. The molecule has 1 fully saturated rings. The van der Waals surface area contributed by atoms with Gasteiger partial charge in [-0.2, -0.15) is 0 Å². The molecule has 1 aliphatic rings. The highest BCUT2D eigenvalue weighted by Crippen LogP contribution is 2.22. The van der Waals surface area contributed by atoms with E-state index < -0.39 is 0 Å². The van der Waals surface area contributed by atoms with Crippen LogP contribution in [-0.2, 0) is 0 Å². The largest absolute Gasteiger partial charge is 0.336 e. The van der Waals surface area contributed by atoms with Crippen LogP contribution in [0.25, 0.3) is 0 Å². The van der Waals surface area contributed by atoms with Gasteiger partial charge in [0.05, 0.1) is 10.6 Å². The van der Waals surface area contributed by atoms with Crippen molar-refractivity contribution < 1.29 is 4.79 Å².